The summed E-state index contributed by atoms with van der Waals surface area (Å²) in [6.07, 6.45) is 3.02. The van der Waals surface area contributed by atoms with Crippen molar-refractivity contribution in [3.05, 3.63) is 112 Å². The molecule has 5 aromatic rings. The first-order chi connectivity index (χ1) is 35.9. The van der Waals surface area contributed by atoms with Crippen LogP contribution < -0.4 is 39.2 Å². The summed E-state index contributed by atoms with van der Waals surface area (Å²) in [5, 5.41) is 0.497. The fraction of sp³-hybridized carbons (Fsp3) is 0.453. The Morgan fingerprint density at radius 1 is 0.693 bits per heavy atom. The number of benzene rings is 2. The van der Waals surface area contributed by atoms with E-state index < -0.39 is 51.6 Å². The van der Waals surface area contributed by atoms with Crippen LogP contribution in [0.1, 0.15) is 119 Å². The number of carbonyl (C=O) groups is 2. The Bertz CT molecular complexity index is 3000. The van der Waals surface area contributed by atoms with E-state index in [-0.39, 0.29) is 110 Å². The number of alkyl halides is 4. The lowest BCUT2D eigenvalue weighted by atomic mass is 10.1. The third-order valence-corrected chi connectivity index (χ3v) is 16.0. The fourth-order valence-corrected chi connectivity index (χ4v) is 11.1. The minimum Gasteiger partial charge on any atom is -0.497 e. The maximum atomic E-state index is 15.6. The van der Waals surface area contributed by atoms with Crippen LogP contribution in [0, 0.1) is 0 Å². The van der Waals surface area contributed by atoms with Gasteiger partial charge in [0.15, 0.2) is 5.03 Å². The van der Waals surface area contributed by atoms with Crippen LogP contribution in [-0.2, 0) is 23.1 Å². The van der Waals surface area contributed by atoms with E-state index in [1.165, 1.54) is 52.8 Å². The number of methoxy groups -OCH3 is 4. The van der Waals surface area contributed by atoms with E-state index in [1.54, 1.807) is 52.3 Å². The van der Waals surface area contributed by atoms with E-state index in [1.807, 2.05) is 0 Å². The van der Waals surface area contributed by atoms with Gasteiger partial charge < -0.3 is 28.7 Å². The Balaban J connectivity index is 1.16. The van der Waals surface area contributed by atoms with Crippen molar-refractivity contribution in [1.29, 1.82) is 0 Å². The third kappa shape index (κ3) is 12.2. The molecular weight excluding hydrogens is 1020 g/mol. The average Bonchev–Trinajstić information content (AvgIpc) is 4.33. The number of amides is 2. The van der Waals surface area contributed by atoms with E-state index in [2.05, 4.69) is 10.4 Å². The maximum absolute atomic E-state index is 15.6. The highest BCUT2D eigenvalue weighted by atomic mass is 35.5. The Kier molecular flexibility index (Phi) is 15.7. The molecule has 2 aromatic carbocycles. The normalized spacial score (nSPS) is 17.7. The van der Waals surface area contributed by atoms with Gasteiger partial charge in [-0.1, -0.05) is 23.7 Å². The van der Waals surface area contributed by atoms with Crippen LogP contribution in [0.5, 0.6) is 23.0 Å². The highest BCUT2D eigenvalue weighted by Crippen LogP contribution is 2.45. The zero-order chi connectivity index (χ0) is 53.2. The molecule has 400 valence electrons. The number of halogens is 5. The summed E-state index contributed by atoms with van der Waals surface area (Å²) in [6.45, 7) is -0.460. The Morgan fingerprint density at radius 3 is 1.79 bits per heavy atom. The van der Waals surface area contributed by atoms with Crippen LogP contribution >= 0.6 is 11.6 Å². The van der Waals surface area contributed by atoms with Crippen molar-refractivity contribution in [2.24, 2.45) is 0 Å². The van der Waals surface area contributed by atoms with Gasteiger partial charge in [0.2, 0.25) is 11.8 Å². The summed E-state index contributed by atoms with van der Waals surface area (Å²) in [7, 11) is 1.17. The molecule has 5 heterocycles. The van der Waals surface area contributed by atoms with Gasteiger partial charge in [0.25, 0.3) is 21.8 Å². The molecule has 2 saturated heterocycles. The first-order valence-electron chi connectivity index (χ1n) is 24.9. The minimum absolute atomic E-state index is 0.0108. The second-order valence-corrected chi connectivity index (χ2v) is 21.6. The number of aromatic nitrogens is 3. The van der Waals surface area contributed by atoms with E-state index >= 15 is 18.0 Å². The van der Waals surface area contributed by atoms with Crippen LogP contribution in [0.15, 0.2) is 78.0 Å². The van der Waals surface area contributed by atoms with Gasteiger partial charge in [-0.2, -0.15) is 4.31 Å². The zero-order valence-electron chi connectivity index (χ0n) is 42.1. The molecule has 0 radical (unpaired) electrons. The SMILES string of the molecule is COc1ccc(CN(Cc2ccc(OC)cc2OC)S(=O)(=O)c2cc(N(NC(=O)c3cc(Cl)c(C4CC4)nc3N3CCCC(F)(F)CC3)C(=O)c3ccc(C4CC4)nc3N3CCCC(F)(F)CC3)ccn2)c(OC)c1. The van der Waals surface area contributed by atoms with Gasteiger partial charge in [0.05, 0.1) is 56.0 Å². The minimum atomic E-state index is -4.69. The highest BCUT2D eigenvalue weighted by molar-refractivity contribution is 7.89. The van der Waals surface area contributed by atoms with Gasteiger partial charge in [-0.3, -0.25) is 15.0 Å². The van der Waals surface area contributed by atoms with Gasteiger partial charge in [0, 0.05) is 118 Å². The topological polar surface area (TPSA) is 169 Å². The molecule has 2 saturated carbocycles. The Hall–Kier alpha value is -6.45. The molecule has 0 atom stereocenters. The van der Waals surface area contributed by atoms with Crippen molar-refractivity contribution >= 4 is 50.8 Å². The largest absolute Gasteiger partial charge is 0.497 e. The lowest BCUT2D eigenvalue weighted by Crippen LogP contribution is -2.48. The fourth-order valence-electron chi connectivity index (χ4n) is 9.47. The van der Waals surface area contributed by atoms with Crippen molar-refractivity contribution in [2.75, 3.05) is 69.4 Å². The third-order valence-electron chi connectivity index (χ3n) is 14.0. The first kappa shape index (κ1) is 53.4. The molecule has 0 bridgehead atoms. The van der Waals surface area contributed by atoms with E-state index in [0.717, 1.165) is 41.1 Å². The molecule has 1 N–H and O–H groups in total. The molecule has 0 spiro atoms. The molecule has 2 aliphatic carbocycles. The number of ether oxygens (including phenoxy) is 4. The van der Waals surface area contributed by atoms with E-state index in [9.17, 15) is 17.6 Å². The van der Waals surface area contributed by atoms with Gasteiger partial charge >= 0.3 is 0 Å². The molecule has 4 fully saturated rings. The number of hydrogen-bond donors (Lipinski definition) is 1. The van der Waals surface area contributed by atoms with Crippen LogP contribution in [0.4, 0.5) is 34.9 Å². The van der Waals surface area contributed by atoms with Crippen LogP contribution in [0.2, 0.25) is 5.02 Å². The first-order valence-corrected chi connectivity index (χ1v) is 26.7. The Morgan fingerprint density at radius 2 is 1.25 bits per heavy atom. The number of nitrogens with one attached hydrogen (secondary N) is 1. The van der Waals surface area contributed by atoms with Crippen molar-refractivity contribution in [1.82, 2.24) is 24.7 Å². The van der Waals surface area contributed by atoms with Crippen molar-refractivity contribution in [2.45, 2.75) is 106 Å². The van der Waals surface area contributed by atoms with E-state index in [4.69, 9.17) is 40.5 Å². The molecule has 0 unspecified atom stereocenters. The number of hydrogen-bond acceptors (Lipinski definition) is 13. The van der Waals surface area contributed by atoms with Crippen molar-refractivity contribution in [3.63, 3.8) is 0 Å². The van der Waals surface area contributed by atoms with Crippen LogP contribution in [0.25, 0.3) is 0 Å². The molecule has 3 aromatic heterocycles. The molecule has 75 heavy (non-hydrogen) atoms. The number of rotatable bonds is 17. The van der Waals surface area contributed by atoms with Gasteiger partial charge in [-0.25, -0.2) is 45.9 Å². The number of nitrogens with zero attached hydrogens (tertiary/aromatic N) is 7. The summed E-state index contributed by atoms with van der Waals surface area (Å²) in [5.74, 6) is -5.77. The predicted molar refractivity (Wildman–Crippen MR) is 273 cm³/mol. The lowest BCUT2D eigenvalue weighted by Gasteiger charge is -2.30. The zero-order valence-corrected chi connectivity index (χ0v) is 43.7. The monoisotopic (exact) mass is 1080 g/mol. The molecular formula is C53H59ClF4N8O8S. The number of pyridine rings is 3. The molecule has 16 nitrogen and oxygen atoms in total. The summed E-state index contributed by atoms with van der Waals surface area (Å²) in [4.78, 5) is 48.0. The van der Waals surface area contributed by atoms with Gasteiger partial charge in [-0.05, 0) is 74.9 Å². The van der Waals surface area contributed by atoms with Crippen LogP contribution in [-0.4, -0.2) is 106 Å². The standard InChI is InChI=1S/C53H59ClF4N8O8S/c1-71-38-13-11-35(44(28-38)73-3)31-65(32-36-12-14-39(72-2)29-45(36)74-4)75(69,70)46-27-37(17-22-59-46)66(51(68)40-15-16-43(33-7-8-33)60-48(40)63-23-5-18-52(55,56)20-25-63)62-50(67)41-30-42(54)47(34-9-10-34)61-49(41)64-24-6-19-53(57,58)21-26-64/h11-17,22,27-30,33-34H,5-10,18-21,23-26,31-32H2,1-4H3,(H,62,67). The highest BCUT2D eigenvalue weighted by Gasteiger charge is 2.39. The number of carbonyl (C=O) groups excluding carboxylic acids is 2. The van der Waals surface area contributed by atoms with E-state index in [0.29, 0.717) is 45.5 Å². The quantitative estimate of drug-likeness (QED) is 0.0691. The van der Waals surface area contributed by atoms with Crippen molar-refractivity contribution in [3.8, 4) is 23.0 Å². The van der Waals surface area contributed by atoms with Gasteiger partial charge in [0.1, 0.15) is 34.6 Å². The summed E-state index contributed by atoms with van der Waals surface area (Å²) in [6, 6.07) is 17.0. The molecule has 22 heteroatoms. The summed E-state index contributed by atoms with van der Waals surface area (Å²) in [5.41, 5.74) is 4.46. The van der Waals surface area contributed by atoms with Crippen LogP contribution in [0.3, 0.4) is 0 Å². The number of anilines is 3. The molecule has 4 aliphatic rings. The summed E-state index contributed by atoms with van der Waals surface area (Å²) >= 11 is 6.84. The Labute approximate surface area is 438 Å². The average molecular weight is 1080 g/mol. The smallest absolute Gasteiger partial charge is 0.280 e. The second kappa shape index (κ2) is 22.0. The maximum Gasteiger partial charge on any atom is 0.280 e. The van der Waals surface area contributed by atoms with Crippen molar-refractivity contribution < 1.29 is 54.5 Å². The molecule has 9 rings (SSSR count). The molecule has 2 amide bonds. The summed E-state index contributed by atoms with van der Waals surface area (Å²) < 4.78 is 113. The number of sulfonamides is 1. The second-order valence-electron chi connectivity index (χ2n) is 19.3. The molecule has 2 aliphatic heterocycles. The van der Waals surface area contributed by atoms with Gasteiger partial charge in [-0.15, -0.1) is 0 Å². The lowest BCUT2D eigenvalue weighted by molar-refractivity contribution is -0.0109. The predicted octanol–water partition coefficient (Wildman–Crippen LogP) is 9.95. The number of hydrazine groups is 1.